The summed E-state index contributed by atoms with van der Waals surface area (Å²) in [6.07, 6.45) is -0.969. The fourth-order valence-electron chi connectivity index (χ4n) is 2.78. The molecule has 1 aliphatic rings. The van der Waals surface area contributed by atoms with E-state index < -0.39 is 12.7 Å². The van der Waals surface area contributed by atoms with Crippen molar-refractivity contribution >= 4 is 5.91 Å². The van der Waals surface area contributed by atoms with Gasteiger partial charge in [0.05, 0.1) is 6.54 Å². The minimum atomic E-state index is -4.21. The highest BCUT2D eigenvalue weighted by Gasteiger charge is 2.33. The van der Waals surface area contributed by atoms with Gasteiger partial charge < -0.3 is 4.90 Å². The molecule has 0 aliphatic carbocycles. The van der Waals surface area contributed by atoms with Crippen LogP contribution >= 0.6 is 0 Å². The molecular formula is C17H17F3N4O. The molecule has 0 bridgehead atoms. The van der Waals surface area contributed by atoms with Gasteiger partial charge >= 0.3 is 6.18 Å². The molecule has 1 fully saturated rings. The first-order valence-corrected chi connectivity index (χ1v) is 7.88. The molecule has 8 heteroatoms. The van der Waals surface area contributed by atoms with Crippen molar-refractivity contribution in [2.24, 2.45) is 0 Å². The van der Waals surface area contributed by atoms with Gasteiger partial charge in [-0.3, -0.25) is 9.69 Å². The van der Waals surface area contributed by atoms with Crippen molar-refractivity contribution in [1.82, 2.24) is 19.8 Å². The Bertz CT molecular complexity index is 728. The Morgan fingerprint density at radius 2 is 1.72 bits per heavy atom. The summed E-state index contributed by atoms with van der Waals surface area (Å²) in [5.41, 5.74) is 1.20. The molecule has 2 aromatic rings. The molecule has 0 N–H and O–H groups in total. The van der Waals surface area contributed by atoms with Crippen molar-refractivity contribution in [2.45, 2.75) is 6.18 Å². The van der Waals surface area contributed by atoms with Gasteiger partial charge in [-0.2, -0.15) is 13.2 Å². The predicted molar refractivity (Wildman–Crippen MR) is 85.9 cm³/mol. The minimum Gasteiger partial charge on any atom is -0.336 e. The Morgan fingerprint density at radius 3 is 2.36 bits per heavy atom. The number of hydrogen-bond donors (Lipinski definition) is 0. The van der Waals surface area contributed by atoms with E-state index in [-0.39, 0.29) is 32.1 Å². The molecular weight excluding hydrogens is 333 g/mol. The second-order valence-electron chi connectivity index (χ2n) is 5.84. The molecule has 25 heavy (non-hydrogen) atoms. The predicted octanol–water partition coefficient (Wildman–Crippen LogP) is 2.46. The third kappa shape index (κ3) is 4.54. The van der Waals surface area contributed by atoms with Crippen LogP contribution in [0.2, 0.25) is 0 Å². The second-order valence-corrected chi connectivity index (χ2v) is 5.84. The lowest BCUT2D eigenvalue weighted by molar-refractivity contribution is -0.148. The number of aromatic nitrogens is 2. The molecule has 132 valence electrons. The summed E-state index contributed by atoms with van der Waals surface area (Å²) in [5.74, 6) is 0.330. The number of benzene rings is 1. The largest absolute Gasteiger partial charge is 0.401 e. The quantitative estimate of drug-likeness (QED) is 0.853. The number of carbonyl (C=O) groups is 1. The van der Waals surface area contributed by atoms with Gasteiger partial charge in [0.1, 0.15) is 0 Å². The van der Waals surface area contributed by atoms with Crippen LogP contribution in [0.15, 0.2) is 42.7 Å². The SMILES string of the molecule is O=C(c1cccc(-c2ncccn2)c1)N1CCN(CC(F)(F)F)CC1. The van der Waals surface area contributed by atoms with Crippen LogP contribution in [0, 0.1) is 0 Å². The van der Waals surface area contributed by atoms with Crippen LogP contribution in [0.25, 0.3) is 11.4 Å². The minimum absolute atomic E-state index is 0.190. The number of halogens is 3. The maximum Gasteiger partial charge on any atom is 0.401 e. The normalized spacial score (nSPS) is 16.0. The van der Waals surface area contributed by atoms with Crippen LogP contribution in [-0.4, -0.2) is 64.6 Å². The molecule has 1 aromatic carbocycles. The van der Waals surface area contributed by atoms with Gasteiger partial charge in [0.15, 0.2) is 5.82 Å². The third-order valence-electron chi connectivity index (χ3n) is 4.00. The van der Waals surface area contributed by atoms with E-state index in [2.05, 4.69) is 9.97 Å². The highest BCUT2D eigenvalue weighted by atomic mass is 19.4. The number of amides is 1. The zero-order valence-electron chi connectivity index (χ0n) is 13.4. The Balaban J connectivity index is 1.66. The fraction of sp³-hybridized carbons (Fsp3) is 0.353. The highest BCUT2D eigenvalue weighted by molar-refractivity contribution is 5.95. The first-order chi connectivity index (χ1) is 11.9. The van der Waals surface area contributed by atoms with Gasteiger partial charge in [0, 0.05) is 49.7 Å². The van der Waals surface area contributed by atoms with E-state index in [0.29, 0.717) is 11.4 Å². The van der Waals surface area contributed by atoms with Crippen LogP contribution in [0.1, 0.15) is 10.4 Å². The lowest BCUT2D eigenvalue weighted by Crippen LogP contribution is -2.50. The molecule has 5 nitrogen and oxygen atoms in total. The topological polar surface area (TPSA) is 49.3 Å². The van der Waals surface area contributed by atoms with Crippen molar-refractivity contribution < 1.29 is 18.0 Å². The van der Waals surface area contributed by atoms with Gasteiger partial charge in [-0.15, -0.1) is 0 Å². The molecule has 0 unspecified atom stereocenters. The Morgan fingerprint density at radius 1 is 1.04 bits per heavy atom. The molecule has 1 amide bonds. The van der Waals surface area contributed by atoms with E-state index in [9.17, 15) is 18.0 Å². The van der Waals surface area contributed by atoms with Gasteiger partial charge in [-0.1, -0.05) is 12.1 Å². The summed E-state index contributed by atoms with van der Waals surface area (Å²) in [4.78, 5) is 23.8. The molecule has 0 radical (unpaired) electrons. The van der Waals surface area contributed by atoms with Crippen LogP contribution < -0.4 is 0 Å². The van der Waals surface area contributed by atoms with E-state index in [1.807, 2.05) is 6.07 Å². The van der Waals surface area contributed by atoms with E-state index in [1.165, 1.54) is 4.90 Å². The van der Waals surface area contributed by atoms with Gasteiger partial charge in [-0.25, -0.2) is 9.97 Å². The van der Waals surface area contributed by atoms with E-state index in [4.69, 9.17) is 0 Å². The summed E-state index contributed by atoms with van der Waals surface area (Å²) in [7, 11) is 0. The second kappa shape index (κ2) is 7.18. The summed E-state index contributed by atoms with van der Waals surface area (Å²) in [6, 6.07) is 8.67. The number of rotatable bonds is 3. The summed E-state index contributed by atoms with van der Waals surface area (Å²) in [5, 5.41) is 0. The monoisotopic (exact) mass is 350 g/mol. The molecule has 1 saturated heterocycles. The van der Waals surface area contributed by atoms with Gasteiger partial charge in [0.25, 0.3) is 5.91 Å². The van der Waals surface area contributed by atoms with Crippen molar-refractivity contribution in [1.29, 1.82) is 0 Å². The molecule has 0 spiro atoms. The van der Waals surface area contributed by atoms with E-state index in [1.54, 1.807) is 41.6 Å². The number of alkyl halides is 3. The fourth-order valence-corrected chi connectivity index (χ4v) is 2.78. The van der Waals surface area contributed by atoms with Gasteiger partial charge in [0.2, 0.25) is 0 Å². The van der Waals surface area contributed by atoms with Crippen molar-refractivity contribution in [2.75, 3.05) is 32.7 Å². The number of hydrogen-bond acceptors (Lipinski definition) is 4. The Hall–Kier alpha value is -2.48. The lowest BCUT2D eigenvalue weighted by Gasteiger charge is -2.35. The number of piperazine rings is 1. The lowest BCUT2D eigenvalue weighted by atomic mass is 10.1. The van der Waals surface area contributed by atoms with Crippen LogP contribution in [0.5, 0.6) is 0 Å². The van der Waals surface area contributed by atoms with Crippen LogP contribution in [-0.2, 0) is 0 Å². The molecule has 0 saturated carbocycles. The smallest absolute Gasteiger partial charge is 0.336 e. The van der Waals surface area contributed by atoms with E-state index in [0.717, 1.165) is 5.56 Å². The average Bonchev–Trinajstić information content (AvgIpc) is 2.61. The molecule has 0 atom stereocenters. The zero-order valence-corrected chi connectivity index (χ0v) is 13.4. The summed E-state index contributed by atoms with van der Waals surface area (Å²) in [6.45, 7) is 0.0529. The van der Waals surface area contributed by atoms with Crippen molar-refractivity contribution in [3.63, 3.8) is 0 Å². The first kappa shape index (κ1) is 17.3. The summed E-state index contributed by atoms with van der Waals surface area (Å²) >= 11 is 0. The average molecular weight is 350 g/mol. The van der Waals surface area contributed by atoms with Crippen molar-refractivity contribution in [3.8, 4) is 11.4 Å². The highest BCUT2D eigenvalue weighted by Crippen LogP contribution is 2.20. The Kier molecular flexibility index (Phi) is 4.98. The molecule has 1 aromatic heterocycles. The number of nitrogens with zero attached hydrogens (tertiary/aromatic N) is 4. The molecule has 3 rings (SSSR count). The molecule has 1 aliphatic heterocycles. The first-order valence-electron chi connectivity index (χ1n) is 7.88. The maximum atomic E-state index is 12.6. The van der Waals surface area contributed by atoms with E-state index >= 15 is 0 Å². The zero-order chi connectivity index (χ0) is 17.9. The summed E-state index contributed by atoms with van der Waals surface area (Å²) < 4.78 is 37.3. The maximum absolute atomic E-state index is 12.6. The van der Waals surface area contributed by atoms with Gasteiger partial charge in [-0.05, 0) is 18.2 Å². The van der Waals surface area contributed by atoms with Crippen molar-refractivity contribution in [3.05, 3.63) is 48.3 Å². The Labute approximate surface area is 143 Å². The van der Waals surface area contributed by atoms with Crippen LogP contribution in [0.4, 0.5) is 13.2 Å². The molecule has 2 heterocycles. The third-order valence-corrected chi connectivity index (χ3v) is 4.00. The number of carbonyl (C=O) groups excluding carboxylic acids is 1. The van der Waals surface area contributed by atoms with Crippen LogP contribution in [0.3, 0.4) is 0 Å². The standard InChI is InChI=1S/C17H17F3N4O/c18-17(19,20)12-23-7-9-24(10-8-23)16(25)14-4-1-3-13(11-14)15-21-5-2-6-22-15/h1-6,11H,7-10,12H2.